The molecule has 2 aromatic carbocycles. The smallest absolute Gasteiger partial charge is 0.240 e. The summed E-state index contributed by atoms with van der Waals surface area (Å²) in [6.07, 6.45) is 1.66. The topological polar surface area (TPSA) is 101 Å². The van der Waals surface area contributed by atoms with Crippen LogP contribution in [0.15, 0.2) is 64.0 Å². The van der Waals surface area contributed by atoms with Gasteiger partial charge in [0, 0.05) is 44.0 Å². The van der Waals surface area contributed by atoms with Gasteiger partial charge in [-0.05, 0) is 48.5 Å². The van der Waals surface area contributed by atoms with Gasteiger partial charge in [-0.3, -0.25) is 0 Å². The minimum absolute atomic E-state index is 0.172. The van der Waals surface area contributed by atoms with Gasteiger partial charge in [-0.25, -0.2) is 18.1 Å². The minimum atomic E-state index is -3.56. The fourth-order valence-electron chi connectivity index (χ4n) is 2.52. The highest BCUT2D eigenvalue weighted by Crippen LogP contribution is 2.28. The Labute approximate surface area is 158 Å². The summed E-state index contributed by atoms with van der Waals surface area (Å²) in [6, 6.07) is 14.3. The molecule has 0 aliphatic heterocycles. The summed E-state index contributed by atoms with van der Waals surface area (Å²) >= 11 is 0. The van der Waals surface area contributed by atoms with Crippen LogP contribution in [0.4, 0.5) is 5.69 Å². The molecule has 0 unspecified atom stereocenters. The summed E-state index contributed by atoms with van der Waals surface area (Å²) in [5.41, 5.74) is 8.05. The fourth-order valence-corrected chi connectivity index (χ4v) is 3.57. The molecule has 0 radical (unpaired) electrons. The molecule has 0 aliphatic rings. The SMILES string of the molecule is CN(C)c1ccc(-c2cnc(-c3ccc(S(=O)(=O)NCCN)cc3)o2)cc1. The highest BCUT2D eigenvalue weighted by Gasteiger charge is 2.14. The van der Waals surface area contributed by atoms with Gasteiger partial charge in [0.2, 0.25) is 15.9 Å². The summed E-state index contributed by atoms with van der Waals surface area (Å²) in [7, 11) is 0.411. The average Bonchev–Trinajstić information content (AvgIpc) is 3.17. The van der Waals surface area contributed by atoms with E-state index in [1.165, 1.54) is 12.1 Å². The van der Waals surface area contributed by atoms with Crippen molar-refractivity contribution in [1.29, 1.82) is 0 Å². The van der Waals surface area contributed by atoms with Crippen molar-refractivity contribution in [3.05, 3.63) is 54.7 Å². The van der Waals surface area contributed by atoms with Crippen LogP contribution in [0.3, 0.4) is 0 Å². The maximum atomic E-state index is 12.1. The van der Waals surface area contributed by atoms with Crippen molar-refractivity contribution < 1.29 is 12.8 Å². The third kappa shape index (κ3) is 4.36. The predicted molar refractivity (Wildman–Crippen MR) is 106 cm³/mol. The second-order valence-electron chi connectivity index (χ2n) is 6.18. The second-order valence-corrected chi connectivity index (χ2v) is 7.95. The molecule has 8 heteroatoms. The van der Waals surface area contributed by atoms with Gasteiger partial charge in [0.15, 0.2) is 5.76 Å². The molecular formula is C19H22N4O3S. The highest BCUT2D eigenvalue weighted by molar-refractivity contribution is 7.89. The average molecular weight is 386 g/mol. The fraction of sp³-hybridized carbons (Fsp3) is 0.211. The van der Waals surface area contributed by atoms with Crippen LogP contribution >= 0.6 is 0 Å². The lowest BCUT2D eigenvalue weighted by Gasteiger charge is -2.11. The standard InChI is InChI=1S/C19H22N4O3S/c1-23(2)16-7-3-14(4-8-16)18-13-21-19(26-18)15-5-9-17(10-6-15)27(24,25)22-12-11-20/h3-10,13,22H,11-12,20H2,1-2H3. The minimum Gasteiger partial charge on any atom is -0.436 e. The summed E-state index contributed by atoms with van der Waals surface area (Å²) in [5.74, 6) is 1.08. The van der Waals surface area contributed by atoms with E-state index in [0.29, 0.717) is 17.2 Å². The first-order chi connectivity index (χ1) is 12.9. The van der Waals surface area contributed by atoms with E-state index in [1.807, 2.05) is 43.3 Å². The monoisotopic (exact) mass is 386 g/mol. The molecule has 0 bridgehead atoms. The molecule has 142 valence electrons. The van der Waals surface area contributed by atoms with E-state index < -0.39 is 10.0 Å². The maximum Gasteiger partial charge on any atom is 0.240 e. The van der Waals surface area contributed by atoms with E-state index in [1.54, 1.807) is 18.3 Å². The predicted octanol–water partition coefficient (Wildman–Crippen LogP) is 2.31. The van der Waals surface area contributed by atoms with E-state index in [-0.39, 0.29) is 18.0 Å². The number of aromatic nitrogens is 1. The Kier molecular flexibility index (Phi) is 5.59. The molecule has 0 saturated heterocycles. The van der Waals surface area contributed by atoms with Gasteiger partial charge in [-0.1, -0.05) is 0 Å². The molecule has 1 aromatic heterocycles. The molecule has 0 atom stereocenters. The zero-order chi connectivity index (χ0) is 19.4. The van der Waals surface area contributed by atoms with Crippen LogP contribution in [-0.2, 0) is 10.0 Å². The van der Waals surface area contributed by atoms with Crippen LogP contribution in [0.5, 0.6) is 0 Å². The first-order valence-corrected chi connectivity index (χ1v) is 9.93. The van der Waals surface area contributed by atoms with E-state index >= 15 is 0 Å². The molecule has 0 amide bonds. The number of anilines is 1. The number of hydrogen-bond acceptors (Lipinski definition) is 6. The Balaban J connectivity index is 1.80. The van der Waals surface area contributed by atoms with Crippen LogP contribution in [-0.4, -0.2) is 40.6 Å². The maximum absolute atomic E-state index is 12.1. The molecular weight excluding hydrogens is 364 g/mol. The number of hydrogen-bond donors (Lipinski definition) is 2. The molecule has 3 aromatic rings. The van der Waals surface area contributed by atoms with Crippen molar-refractivity contribution in [2.24, 2.45) is 5.73 Å². The molecule has 1 heterocycles. The van der Waals surface area contributed by atoms with Crippen molar-refractivity contribution >= 4 is 15.7 Å². The zero-order valence-corrected chi connectivity index (χ0v) is 16.0. The van der Waals surface area contributed by atoms with Crippen LogP contribution in [0.1, 0.15) is 0 Å². The molecule has 27 heavy (non-hydrogen) atoms. The zero-order valence-electron chi connectivity index (χ0n) is 15.2. The van der Waals surface area contributed by atoms with E-state index in [0.717, 1.165) is 11.3 Å². The lowest BCUT2D eigenvalue weighted by atomic mass is 10.1. The quantitative estimate of drug-likeness (QED) is 0.646. The number of sulfonamides is 1. The lowest BCUT2D eigenvalue weighted by molar-refractivity contribution is 0.581. The largest absolute Gasteiger partial charge is 0.436 e. The first kappa shape index (κ1) is 19.1. The summed E-state index contributed by atoms with van der Waals surface area (Å²) < 4.78 is 32.5. The van der Waals surface area contributed by atoms with E-state index in [4.69, 9.17) is 10.2 Å². The molecule has 7 nitrogen and oxygen atoms in total. The Hall–Kier alpha value is -2.68. The van der Waals surface area contributed by atoms with Gasteiger partial charge < -0.3 is 15.1 Å². The lowest BCUT2D eigenvalue weighted by Crippen LogP contribution is -2.29. The van der Waals surface area contributed by atoms with Gasteiger partial charge in [0.25, 0.3) is 0 Å². The van der Waals surface area contributed by atoms with Crippen LogP contribution in [0.25, 0.3) is 22.8 Å². The Morgan fingerprint density at radius 2 is 1.67 bits per heavy atom. The van der Waals surface area contributed by atoms with Gasteiger partial charge >= 0.3 is 0 Å². The molecule has 0 saturated carbocycles. The molecule has 0 aliphatic carbocycles. The first-order valence-electron chi connectivity index (χ1n) is 8.44. The van der Waals surface area contributed by atoms with Crippen molar-refractivity contribution in [3.8, 4) is 22.8 Å². The van der Waals surface area contributed by atoms with Crippen LogP contribution in [0.2, 0.25) is 0 Å². The van der Waals surface area contributed by atoms with Crippen molar-refractivity contribution in [3.63, 3.8) is 0 Å². The number of nitrogens with one attached hydrogen (secondary N) is 1. The van der Waals surface area contributed by atoms with Crippen molar-refractivity contribution in [2.75, 3.05) is 32.1 Å². The summed E-state index contributed by atoms with van der Waals surface area (Å²) in [4.78, 5) is 6.50. The van der Waals surface area contributed by atoms with Crippen LogP contribution in [0, 0.1) is 0 Å². The summed E-state index contributed by atoms with van der Waals surface area (Å²) in [6.45, 7) is 0.436. The summed E-state index contributed by atoms with van der Waals surface area (Å²) in [5, 5.41) is 0. The number of rotatable bonds is 7. The van der Waals surface area contributed by atoms with Gasteiger partial charge in [-0.15, -0.1) is 0 Å². The van der Waals surface area contributed by atoms with Crippen molar-refractivity contribution in [1.82, 2.24) is 9.71 Å². The van der Waals surface area contributed by atoms with Gasteiger partial charge in [0.1, 0.15) is 0 Å². The number of nitrogens with two attached hydrogens (primary N) is 1. The van der Waals surface area contributed by atoms with Crippen LogP contribution < -0.4 is 15.4 Å². The Bertz CT molecular complexity index is 994. The third-order valence-corrected chi connectivity index (χ3v) is 5.50. The number of benzene rings is 2. The molecule has 0 fully saturated rings. The third-order valence-electron chi connectivity index (χ3n) is 4.02. The van der Waals surface area contributed by atoms with Crippen molar-refractivity contribution in [2.45, 2.75) is 4.90 Å². The van der Waals surface area contributed by atoms with Gasteiger partial charge in [-0.2, -0.15) is 0 Å². The van der Waals surface area contributed by atoms with E-state index in [9.17, 15) is 8.42 Å². The normalized spacial score (nSPS) is 11.5. The highest BCUT2D eigenvalue weighted by atomic mass is 32.2. The molecule has 3 N–H and O–H groups in total. The second kappa shape index (κ2) is 7.91. The Morgan fingerprint density at radius 1 is 1.04 bits per heavy atom. The molecule has 0 spiro atoms. The number of nitrogens with zero attached hydrogens (tertiary/aromatic N) is 2. The number of oxazole rings is 1. The van der Waals surface area contributed by atoms with Gasteiger partial charge in [0.05, 0.1) is 11.1 Å². The van der Waals surface area contributed by atoms with E-state index in [2.05, 4.69) is 9.71 Å². The molecule has 3 rings (SSSR count). The Morgan fingerprint density at radius 3 is 2.26 bits per heavy atom.